The van der Waals surface area contributed by atoms with Crippen LogP contribution in [0.2, 0.25) is 5.02 Å². The maximum Gasteiger partial charge on any atom is 0.263 e. The SMILES string of the molecule is O=S(=O)(Nc1cccc(OCCNc2ccncc2)c1)c1ccccc1Cl. The fraction of sp³-hybridized carbons (Fsp3) is 0.105. The average molecular weight is 404 g/mol. The van der Waals surface area contributed by atoms with Gasteiger partial charge in [-0.05, 0) is 36.4 Å². The summed E-state index contributed by atoms with van der Waals surface area (Å²) in [7, 11) is -3.78. The number of pyridine rings is 1. The number of nitrogens with one attached hydrogen (secondary N) is 2. The molecule has 0 aliphatic carbocycles. The van der Waals surface area contributed by atoms with Crippen LogP contribution >= 0.6 is 11.6 Å². The largest absolute Gasteiger partial charge is 0.492 e. The standard InChI is InChI=1S/C19H18ClN3O3S/c20-18-6-1-2-7-19(18)27(24,25)23-16-4-3-5-17(14-16)26-13-12-22-15-8-10-21-11-9-15/h1-11,14,23H,12-13H2,(H,21,22). The van der Waals surface area contributed by atoms with Crippen molar-refractivity contribution in [2.75, 3.05) is 23.2 Å². The van der Waals surface area contributed by atoms with E-state index in [9.17, 15) is 8.42 Å². The fourth-order valence-electron chi connectivity index (χ4n) is 2.36. The molecule has 27 heavy (non-hydrogen) atoms. The van der Waals surface area contributed by atoms with Gasteiger partial charge in [0, 0.05) is 30.7 Å². The molecule has 0 atom stereocenters. The van der Waals surface area contributed by atoms with Crippen molar-refractivity contribution in [3.63, 3.8) is 0 Å². The highest BCUT2D eigenvalue weighted by Gasteiger charge is 2.17. The third-order valence-corrected chi connectivity index (χ3v) is 5.47. The minimum absolute atomic E-state index is 0.0274. The van der Waals surface area contributed by atoms with Gasteiger partial charge in [0.1, 0.15) is 17.3 Å². The summed E-state index contributed by atoms with van der Waals surface area (Å²) in [6.45, 7) is 1.02. The number of benzene rings is 2. The monoisotopic (exact) mass is 403 g/mol. The lowest BCUT2D eigenvalue weighted by molar-refractivity contribution is 0.333. The highest BCUT2D eigenvalue weighted by molar-refractivity contribution is 7.92. The molecule has 0 bridgehead atoms. The molecule has 140 valence electrons. The molecule has 0 spiro atoms. The minimum atomic E-state index is -3.78. The Morgan fingerprint density at radius 3 is 2.52 bits per heavy atom. The number of rotatable bonds is 8. The van der Waals surface area contributed by atoms with Crippen molar-refractivity contribution >= 4 is 33.0 Å². The summed E-state index contributed by atoms with van der Waals surface area (Å²) < 4.78 is 33.2. The maximum absolute atomic E-state index is 12.5. The van der Waals surface area contributed by atoms with Crippen LogP contribution in [0.4, 0.5) is 11.4 Å². The number of hydrogen-bond donors (Lipinski definition) is 2. The number of nitrogens with zero attached hydrogens (tertiary/aromatic N) is 1. The lowest BCUT2D eigenvalue weighted by Gasteiger charge is -2.12. The summed E-state index contributed by atoms with van der Waals surface area (Å²) in [6.07, 6.45) is 3.41. The first kappa shape index (κ1) is 19.0. The fourth-order valence-corrected chi connectivity index (χ4v) is 3.93. The molecule has 3 rings (SSSR count). The predicted molar refractivity (Wildman–Crippen MR) is 107 cm³/mol. The predicted octanol–water partition coefficient (Wildman–Crippen LogP) is 4.03. The van der Waals surface area contributed by atoms with Crippen molar-refractivity contribution in [3.05, 3.63) is 78.1 Å². The Bertz CT molecular complexity index is 998. The van der Waals surface area contributed by atoms with Gasteiger partial charge in [0.15, 0.2) is 0 Å². The second-order valence-corrected chi connectivity index (χ2v) is 7.63. The van der Waals surface area contributed by atoms with Crippen LogP contribution in [0.1, 0.15) is 0 Å². The molecule has 3 aromatic rings. The normalized spacial score (nSPS) is 11.0. The number of anilines is 2. The molecule has 2 N–H and O–H groups in total. The summed E-state index contributed by atoms with van der Waals surface area (Å²) in [5.74, 6) is 0.561. The number of hydrogen-bond acceptors (Lipinski definition) is 5. The Hall–Kier alpha value is -2.77. The van der Waals surface area contributed by atoms with E-state index in [1.165, 1.54) is 12.1 Å². The van der Waals surface area contributed by atoms with E-state index in [0.717, 1.165) is 5.69 Å². The van der Waals surface area contributed by atoms with Crippen LogP contribution in [-0.4, -0.2) is 26.6 Å². The van der Waals surface area contributed by atoms with Crippen molar-refractivity contribution in [1.82, 2.24) is 4.98 Å². The minimum Gasteiger partial charge on any atom is -0.492 e. The number of sulfonamides is 1. The zero-order chi connectivity index (χ0) is 19.1. The molecule has 0 unspecified atom stereocenters. The van der Waals surface area contributed by atoms with Crippen LogP contribution in [-0.2, 0) is 10.0 Å². The molecule has 1 heterocycles. The van der Waals surface area contributed by atoms with Crippen molar-refractivity contribution in [2.24, 2.45) is 0 Å². The quantitative estimate of drug-likeness (QED) is 0.555. The molecule has 6 nitrogen and oxygen atoms in total. The van der Waals surface area contributed by atoms with Crippen LogP contribution in [0.25, 0.3) is 0 Å². The molecule has 0 aliphatic rings. The van der Waals surface area contributed by atoms with E-state index in [1.54, 1.807) is 48.8 Å². The lowest BCUT2D eigenvalue weighted by atomic mass is 10.3. The van der Waals surface area contributed by atoms with Crippen LogP contribution in [0.3, 0.4) is 0 Å². The topological polar surface area (TPSA) is 80.3 Å². The molecule has 0 fully saturated rings. The van der Waals surface area contributed by atoms with Crippen molar-refractivity contribution < 1.29 is 13.2 Å². The van der Waals surface area contributed by atoms with Gasteiger partial charge in [-0.15, -0.1) is 0 Å². The first-order valence-electron chi connectivity index (χ1n) is 8.19. The summed E-state index contributed by atoms with van der Waals surface area (Å²) in [6, 6.07) is 16.8. The van der Waals surface area contributed by atoms with Gasteiger partial charge in [0.2, 0.25) is 0 Å². The Labute approximate surface area is 163 Å². The van der Waals surface area contributed by atoms with Crippen LogP contribution in [0.5, 0.6) is 5.75 Å². The second-order valence-electron chi connectivity index (χ2n) is 5.57. The summed E-state index contributed by atoms with van der Waals surface area (Å²) >= 11 is 5.99. The van der Waals surface area contributed by atoms with Gasteiger partial charge >= 0.3 is 0 Å². The first-order chi connectivity index (χ1) is 13.0. The van der Waals surface area contributed by atoms with Crippen LogP contribution in [0.15, 0.2) is 78.0 Å². The average Bonchev–Trinajstić information content (AvgIpc) is 2.66. The van der Waals surface area contributed by atoms with Crippen molar-refractivity contribution in [3.8, 4) is 5.75 Å². The van der Waals surface area contributed by atoms with Gasteiger partial charge in [-0.1, -0.05) is 29.8 Å². The highest BCUT2D eigenvalue weighted by Crippen LogP contribution is 2.25. The molecule has 1 aromatic heterocycles. The van der Waals surface area contributed by atoms with Gasteiger partial charge in [0.25, 0.3) is 10.0 Å². The van der Waals surface area contributed by atoms with Crippen LogP contribution in [0, 0.1) is 0 Å². The Morgan fingerprint density at radius 1 is 0.963 bits per heavy atom. The third kappa shape index (κ3) is 5.35. The maximum atomic E-state index is 12.5. The van der Waals surface area contributed by atoms with E-state index < -0.39 is 10.0 Å². The van der Waals surface area contributed by atoms with Gasteiger partial charge in [-0.3, -0.25) is 9.71 Å². The molecule has 2 aromatic carbocycles. The zero-order valence-corrected chi connectivity index (χ0v) is 15.9. The summed E-state index contributed by atoms with van der Waals surface area (Å²) in [5, 5.41) is 3.37. The second kappa shape index (κ2) is 8.75. The van der Waals surface area contributed by atoms with Gasteiger partial charge < -0.3 is 10.1 Å². The molecule has 0 saturated heterocycles. The van der Waals surface area contributed by atoms with E-state index >= 15 is 0 Å². The molecule has 0 radical (unpaired) electrons. The summed E-state index contributed by atoms with van der Waals surface area (Å²) in [5.41, 5.74) is 1.35. The Morgan fingerprint density at radius 2 is 1.74 bits per heavy atom. The number of halogens is 1. The van der Waals surface area contributed by atoms with Crippen LogP contribution < -0.4 is 14.8 Å². The molecule has 0 saturated carbocycles. The smallest absolute Gasteiger partial charge is 0.263 e. The molecular weight excluding hydrogens is 386 g/mol. The van der Waals surface area contributed by atoms with E-state index in [2.05, 4.69) is 15.0 Å². The third-order valence-electron chi connectivity index (χ3n) is 3.59. The Kier molecular flexibility index (Phi) is 6.16. The van der Waals surface area contributed by atoms with E-state index in [-0.39, 0.29) is 9.92 Å². The molecule has 8 heteroatoms. The van der Waals surface area contributed by atoms with Crippen molar-refractivity contribution in [2.45, 2.75) is 4.90 Å². The lowest BCUT2D eigenvalue weighted by Crippen LogP contribution is -2.14. The van der Waals surface area contributed by atoms with Gasteiger partial charge in [0.05, 0.1) is 10.7 Å². The molecule has 0 aliphatic heterocycles. The van der Waals surface area contributed by atoms with Gasteiger partial charge in [-0.25, -0.2) is 8.42 Å². The van der Waals surface area contributed by atoms with E-state index in [4.69, 9.17) is 16.3 Å². The number of ether oxygens (including phenoxy) is 1. The zero-order valence-electron chi connectivity index (χ0n) is 14.3. The Balaban J connectivity index is 1.59. The van der Waals surface area contributed by atoms with Gasteiger partial charge in [-0.2, -0.15) is 0 Å². The highest BCUT2D eigenvalue weighted by atomic mass is 35.5. The van der Waals surface area contributed by atoms with E-state index in [1.807, 2.05) is 12.1 Å². The first-order valence-corrected chi connectivity index (χ1v) is 10.0. The van der Waals surface area contributed by atoms with Crippen molar-refractivity contribution in [1.29, 1.82) is 0 Å². The summed E-state index contributed by atoms with van der Waals surface area (Å²) in [4.78, 5) is 3.98. The molecule has 0 amide bonds. The van der Waals surface area contributed by atoms with E-state index in [0.29, 0.717) is 24.6 Å². The number of aromatic nitrogens is 1. The molecular formula is C19H18ClN3O3S.